The van der Waals surface area contributed by atoms with E-state index in [2.05, 4.69) is 57.3 Å². The van der Waals surface area contributed by atoms with Crippen molar-refractivity contribution in [3.63, 3.8) is 0 Å². The van der Waals surface area contributed by atoms with Gasteiger partial charge in [-0.1, -0.05) is 34.1 Å². The Kier molecular flexibility index (Phi) is 3.78. The third kappa shape index (κ3) is 2.60. The van der Waals surface area contributed by atoms with Crippen molar-refractivity contribution in [2.45, 2.75) is 13.0 Å². The van der Waals surface area contributed by atoms with Gasteiger partial charge in [0.25, 0.3) is 0 Å². The largest absolute Gasteiger partial charge is 0.314 e. The molecule has 3 heteroatoms. The Morgan fingerprint density at radius 1 is 1.27 bits per heavy atom. The predicted octanol–water partition coefficient (Wildman–Crippen LogP) is 2.42. The van der Waals surface area contributed by atoms with Gasteiger partial charge in [-0.15, -0.1) is 0 Å². The maximum absolute atomic E-state index is 3.62. The van der Waals surface area contributed by atoms with Crippen LogP contribution in [0.3, 0.4) is 0 Å². The second kappa shape index (κ2) is 5.10. The third-order valence-electron chi connectivity index (χ3n) is 3.05. The second-order valence-electron chi connectivity index (χ2n) is 3.98. The number of piperazine rings is 1. The second-order valence-corrected chi connectivity index (χ2v) is 4.84. The van der Waals surface area contributed by atoms with Gasteiger partial charge in [0.15, 0.2) is 0 Å². The molecule has 0 aromatic heterocycles. The fourth-order valence-corrected chi connectivity index (χ4v) is 2.70. The van der Waals surface area contributed by atoms with E-state index in [0.29, 0.717) is 6.04 Å². The van der Waals surface area contributed by atoms with Gasteiger partial charge in [0.2, 0.25) is 0 Å². The number of nitrogens with zero attached hydrogens (tertiary/aromatic N) is 1. The van der Waals surface area contributed by atoms with Gasteiger partial charge in [-0.2, -0.15) is 0 Å². The average molecular weight is 269 g/mol. The number of hydrogen-bond donors (Lipinski definition) is 1. The van der Waals surface area contributed by atoms with Crippen LogP contribution in [0.15, 0.2) is 28.7 Å². The first-order chi connectivity index (χ1) is 7.29. The highest BCUT2D eigenvalue weighted by atomic mass is 79.9. The van der Waals surface area contributed by atoms with Gasteiger partial charge in [-0.3, -0.25) is 4.90 Å². The summed E-state index contributed by atoms with van der Waals surface area (Å²) in [6.07, 6.45) is 0. The SMILES string of the molecule is CC(c1ccccc1Br)N1CCNCC1. The predicted molar refractivity (Wildman–Crippen MR) is 67.0 cm³/mol. The molecule has 1 unspecified atom stereocenters. The maximum Gasteiger partial charge on any atom is 0.0332 e. The van der Waals surface area contributed by atoms with Crippen LogP contribution in [-0.2, 0) is 0 Å². The number of hydrogen-bond acceptors (Lipinski definition) is 2. The number of benzene rings is 1. The van der Waals surface area contributed by atoms with Crippen molar-refractivity contribution in [2.24, 2.45) is 0 Å². The topological polar surface area (TPSA) is 15.3 Å². The summed E-state index contributed by atoms with van der Waals surface area (Å²) >= 11 is 3.62. The normalized spacial score (nSPS) is 20.1. The van der Waals surface area contributed by atoms with Crippen molar-refractivity contribution in [1.82, 2.24) is 10.2 Å². The van der Waals surface area contributed by atoms with E-state index in [-0.39, 0.29) is 0 Å². The molecule has 0 bridgehead atoms. The molecular formula is C12H17BrN2. The van der Waals surface area contributed by atoms with Crippen LogP contribution >= 0.6 is 15.9 Å². The monoisotopic (exact) mass is 268 g/mol. The van der Waals surface area contributed by atoms with Crippen molar-refractivity contribution < 1.29 is 0 Å². The lowest BCUT2D eigenvalue weighted by Crippen LogP contribution is -2.44. The molecule has 1 heterocycles. The Morgan fingerprint density at radius 3 is 2.60 bits per heavy atom. The van der Waals surface area contributed by atoms with E-state index in [1.165, 1.54) is 10.0 Å². The molecule has 1 N–H and O–H groups in total. The zero-order valence-corrected chi connectivity index (χ0v) is 10.6. The molecule has 1 saturated heterocycles. The minimum Gasteiger partial charge on any atom is -0.314 e. The van der Waals surface area contributed by atoms with Crippen LogP contribution in [0, 0.1) is 0 Å². The molecule has 1 fully saturated rings. The first kappa shape index (κ1) is 11.1. The van der Waals surface area contributed by atoms with Gasteiger partial charge < -0.3 is 5.32 Å². The van der Waals surface area contributed by atoms with Crippen molar-refractivity contribution in [1.29, 1.82) is 0 Å². The zero-order valence-electron chi connectivity index (χ0n) is 9.04. The number of rotatable bonds is 2. The fourth-order valence-electron chi connectivity index (χ4n) is 2.08. The molecule has 1 aromatic carbocycles. The van der Waals surface area contributed by atoms with E-state index in [4.69, 9.17) is 0 Å². The molecule has 1 aromatic rings. The molecule has 1 atom stereocenters. The first-order valence-corrected chi connectivity index (χ1v) is 6.27. The number of nitrogens with one attached hydrogen (secondary N) is 1. The molecule has 0 radical (unpaired) electrons. The highest BCUT2D eigenvalue weighted by Gasteiger charge is 2.18. The van der Waals surface area contributed by atoms with E-state index in [0.717, 1.165) is 26.2 Å². The van der Waals surface area contributed by atoms with Gasteiger partial charge in [-0.05, 0) is 18.6 Å². The summed E-state index contributed by atoms with van der Waals surface area (Å²) in [4.78, 5) is 2.52. The molecule has 1 aliphatic heterocycles. The molecule has 0 amide bonds. The highest BCUT2D eigenvalue weighted by molar-refractivity contribution is 9.10. The van der Waals surface area contributed by atoms with E-state index in [1.54, 1.807) is 0 Å². The van der Waals surface area contributed by atoms with Crippen LogP contribution in [0.5, 0.6) is 0 Å². The molecule has 0 saturated carbocycles. The Morgan fingerprint density at radius 2 is 1.93 bits per heavy atom. The maximum atomic E-state index is 3.62. The summed E-state index contributed by atoms with van der Waals surface area (Å²) < 4.78 is 1.22. The van der Waals surface area contributed by atoms with Crippen molar-refractivity contribution >= 4 is 15.9 Å². The molecule has 82 valence electrons. The summed E-state index contributed by atoms with van der Waals surface area (Å²) in [5.41, 5.74) is 1.39. The molecule has 1 aliphatic rings. The lowest BCUT2D eigenvalue weighted by Gasteiger charge is -2.33. The van der Waals surface area contributed by atoms with Gasteiger partial charge >= 0.3 is 0 Å². The first-order valence-electron chi connectivity index (χ1n) is 5.48. The van der Waals surface area contributed by atoms with Crippen LogP contribution in [0.1, 0.15) is 18.5 Å². The summed E-state index contributed by atoms with van der Waals surface area (Å²) in [7, 11) is 0. The van der Waals surface area contributed by atoms with Gasteiger partial charge in [0.1, 0.15) is 0 Å². The zero-order chi connectivity index (χ0) is 10.7. The van der Waals surface area contributed by atoms with Crippen LogP contribution in [-0.4, -0.2) is 31.1 Å². The van der Waals surface area contributed by atoms with Crippen LogP contribution in [0.25, 0.3) is 0 Å². The smallest absolute Gasteiger partial charge is 0.0332 e. The number of halogens is 1. The van der Waals surface area contributed by atoms with Crippen LogP contribution in [0.4, 0.5) is 0 Å². The molecule has 0 aliphatic carbocycles. The average Bonchev–Trinajstić information content (AvgIpc) is 2.30. The van der Waals surface area contributed by atoms with Crippen LogP contribution < -0.4 is 5.32 Å². The van der Waals surface area contributed by atoms with E-state index in [1.807, 2.05) is 0 Å². The Labute approximate surface area is 99.8 Å². The Bertz CT molecular complexity index is 321. The summed E-state index contributed by atoms with van der Waals surface area (Å²) in [5.74, 6) is 0. The molecule has 15 heavy (non-hydrogen) atoms. The Balaban J connectivity index is 2.12. The summed E-state index contributed by atoms with van der Waals surface area (Å²) in [5, 5.41) is 3.38. The third-order valence-corrected chi connectivity index (χ3v) is 3.78. The summed E-state index contributed by atoms with van der Waals surface area (Å²) in [6.45, 7) is 6.78. The Hall–Kier alpha value is -0.380. The minimum absolute atomic E-state index is 0.502. The van der Waals surface area contributed by atoms with E-state index in [9.17, 15) is 0 Å². The van der Waals surface area contributed by atoms with Crippen LogP contribution in [0.2, 0.25) is 0 Å². The minimum atomic E-state index is 0.502. The quantitative estimate of drug-likeness (QED) is 0.887. The summed E-state index contributed by atoms with van der Waals surface area (Å²) in [6, 6.07) is 9.00. The highest BCUT2D eigenvalue weighted by Crippen LogP contribution is 2.27. The molecule has 2 rings (SSSR count). The molecule has 2 nitrogen and oxygen atoms in total. The van der Waals surface area contributed by atoms with Crippen molar-refractivity contribution in [3.05, 3.63) is 34.3 Å². The lowest BCUT2D eigenvalue weighted by atomic mass is 10.1. The fraction of sp³-hybridized carbons (Fsp3) is 0.500. The van der Waals surface area contributed by atoms with E-state index >= 15 is 0 Å². The van der Waals surface area contributed by atoms with Crippen molar-refractivity contribution in [3.8, 4) is 0 Å². The molecule has 0 spiro atoms. The lowest BCUT2D eigenvalue weighted by molar-refractivity contribution is 0.185. The van der Waals surface area contributed by atoms with Gasteiger partial charge in [-0.25, -0.2) is 0 Å². The molecular weight excluding hydrogens is 252 g/mol. The van der Waals surface area contributed by atoms with Crippen molar-refractivity contribution in [2.75, 3.05) is 26.2 Å². The standard InChI is InChI=1S/C12H17BrN2/c1-10(15-8-6-14-7-9-15)11-4-2-3-5-12(11)13/h2-5,10,14H,6-9H2,1H3. The van der Waals surface area contributed by atoms with Gasteiger partial charge in [0, 0.05) is 36.7 Å². The van der Waals surface area contributed by atoms with Gasteiger partial charge in [0.05, 0.1) is 0 Å². The van der Waals surface area contributed by atoms with E-state index < -0.39 is 0 Å².